The average molecular weight is 348 g/mol. The van der Waals surface area contributed by atoms with Crippen LogP contribution in [0.15, 0.2) is 24.3 Å². The summed E-state index contributed by atoms with van der Waals surface area (Å²) in [6, 6.07) is 13.6. The molecule has 0 amide bonds. The van der Waals surface area contributed by atoms with E-state index in [9.17, 15) is 15.8 Å². The molecule has 2 saturated heterocycles. The van der Waals surface area contributed by atoms with Gasteiger partial charge >= 0.3 is 0 Å². The monoisotopic (exact) mass is 348 g/mol. The number of hydrogen-bond acceptors (Lipinski definition) is 6. The number of nitrogens with one attached hydrogen (secondary N) is 1. The molecular weight excluding hydrogens is 328 g/mol. The zero-order valence-corrected chi connectivity index (χ0v) is 15.2. The maximum Gasteiger partial charge on any atom is 0.214 e. The third-order valence-electron chi connectivity index (χ3n) is 5.90. The van der Waals surface area contributed by atoms with Crippen molar-refractivity contribution in [3.05, 3.63) is 35.4 Å². The Morgan fingerprint density at radius 3 is 2.12 bits per heavy atom. The fraction of sp³-hybridized carbons (Fsp3) is 0.500. The molecule has 2 aliphatic rings. The van der Waals surface area contributed by atoms with Crippen molar-refractivity contribution in [3.8, 4) is 18.2 Å². The molecule has 0 aromatic heterocycles. The number of rotatable bonds is 2. The molecule has 26 heavy (non-hydrogen) atoms. The summed E-state index contributed by atoms with van der Waals surface area (Å²) in [5.41, 5.74) is -1.84. The van der Waals surface area contributed by atoms with Gasteiger partial charge in [0.15, 0.2) is 5.41 Å². The van der Waals surface area contributed by atoms with Crippen LogP contribution >= 0.6 is 0 Å². The highest BCUT2D eigenvalue weighted by atomic mass is 16.7. The van der Waals surface area contributed by atoms with Crippen LogP contribution in [0.1, 0.15) is 50.8 Å². The van der Waals surface area contributed by atoms with E-state index in [1.54, 1.807) is 13.8 Å². The quantitative estimate of drug-likeness (QED) is 0.873. The van der Waals surface area contributed by atoms with E-state index < -0.39 is 28.6 Å². The zero-order chi connectivity index (χ0) is 19.3. The molecule has 4 atom stereocenters. The highest BCUT2D eigenvalue weighted by Gasteiger charge is 2.78. The van der Waals surface area contributed by atoms with Gasteiger partial charge in [0, 0.05) is 6.92 Å². The maximum absolute atomic E-state index is 10.00. The molecule has 6 heteroatoms. The Hall–Kier alpha value is -2.88. The average Bonchev–Trinajstić information content (AvgIpc) is 2.77. The second kappa shape index (κ2) is 5.56. The number of benzene rings is 1. The predicted octanol–water partition coefficient (Wildman–Crippen LogP) is 3.78. The van der Waals surface area contributed by atoms with Gasteiger partial charge in [-0.3, -0.25) is 5.41 Å². The van der Waals surface area contributed by atoms with Crippen LogP contribution in [0, 0.1) is 56.2 Å². The van der Waals surface area contributed by atoms with Gasteiger partial charge in [0.2, 0.25) is 17.1 Å². The third kappa shape index (κ3) is 1.90. The van der Waals surface area contributed by atoms with Gasteiger partial charge in [0.1, 0.15) is 6.10 Å². The van der Waals surface area contributed by atoms with E-state index in [1.807, 2.05) is 36.4 Å². The van der Waals surface area contributed by atoms with Crippen LogP contribution in [0.2, 0.25) is 0 Å². The van der Waals surface area contributed by atoms with E-state index in [2.05, 4.69) is 19.9 Å². The Labute approximate surface area is 153 Å². The Bertz CT molecular complexity index is 872. The minimum Gasteiger partial charge on any atom is -0.448 e. The van der Waals surface area contributed by atoms with Crippen LogP contribution in [0.25, 0.3) is 0 Å². The first-order valence-electron chi connectivity index (χ1n) is 8.52. The van der Waals surface area contributed by atoms with Gasteiger partial charge in [-0.15, -0.1) is 0 Å². The number of ether oxygens (including phenoxy) is 2. The summed E-state index contributed by atoms with van der Waals surface area (Å²) in [6.07, 6.45) is -0.998. The molecule has 0 spiro atoms. The van der Waals surface area contributed by atoms with Gasteiger partial charge in [-0.25, -0.2) is 0 Å². The SMILES string of the molecule is CC(C)c1ccc(C2OC3(C)OC(=N)C(C#N)(C3C)C2(C#N)C#N)cc1. The van der Waals surface area contributed by atoms with E-state index in [0.717, 1.165) is 5.56 Å². The first kappa shape index (κ1) is 17.9. The Morgan fingerprint density at radius 2 is 1.65 bits per heavy atom. The van der Waals surface area contributed by atoms with Crippen molar-refractivity contribution in [2.24, 2.45) is 16.7 Å². The summed E-state index contributed by atoms with van der Waals surface area (Å²) in [5.74, 6) is -1.92. The van der Waals surface area contributed by atoms with E-state index >= 15 is 0 Å². The van der Waals surface area contributed by atoms with Crippen molar-refractivity contribution in [2.75, 3.05) is 0 Å². The number of nitrogens with zero attached hydrogens (tertiary/aromatic N) is 3. The van der Waals surface area contributed by atoms with Crippen LogP contribution in [0.5, 0.6) is 0 Å². The summed E-state index contributed by atoms with van der Waals surface area (Å²) in [5, 5.41) is 38.2. The molecule has 1 aromatic rings. The lowest BCUT2D eigenvalue weighted by Crippen LogP contribution is -2.57. The molecule has 6 nitrogen and oxygen atoms in total. The van der Waals surface area contributed by atoms with Crippen molar-refractivity contribution in [2.45, 2.75) is 45.5 Å². The molecule has 2 bridgehead atoms. The summed E-state index contributed by atoms with van der Waals surface area (Å²) in [7, 11) is 0. The van der Waals surface area contributed by atoms with E-state index in [-0.39, 0.29) is 5.90 Å². The molecule has 2 fully saturated rings. The molecule has 1 N–H and O–H groups in total. The molecule has 2 aliphatic heterocycles. The van der Waals surface area contributed by atoms with Gasteiger partial charge in [-0.2, -0.15) is 15.8 Å². The third-order valence-corrected chi connectivity index (χ3v) is 5.90. The molecule has 3 rings (SSSR count). The molecule has 0 saturated carbocycles. The van der Waals surface area contributed by atoms with Gasteiger partial charge in [0.25, 0.3) is 0 Å². The minimum atomic E-state index is -1.88. The summed E-state index contributed by atoms with van der Waals surface area (Å²) >= 11 is 0. The highest BCUT2D eigenvalue weighted by Crippen LogP contribution is 2.66. The van der Waals surface area contributed by atoms with Crippen LogP contribution in [0.3, 0.4) is 0 Å². The lowest BCUT2D eigenvalue weighted by Gasteiger charge is -2.47. The standard InChI is InChI=1S/C20H20N4O2/c1-12(2)14-5-7-15(8-6-14)16-19(9-21,10-22)20(11-23)13(3)18(4,25-16)26-17(20)24/h5-8,12-13,16,24H,1-4H3. The summed E-state index contributed by atoms with van der Waals surface area (Å²) in [4.78, 5) is 0. The van der Waals surface area contributed by atoms with Gasteiger partial charge < -0.3 is 9.47 Å². The first-order chi connectivity index (χ1) is 12.2. The van der Waals surface area contributed by atoms with E-state index in [1.165, 1.54) is 0 Å². The zero-order valence-electron chi connectivity index (χ0n) is 15.2. The summed E-state index contributed by atoms with van der Waals surface area (Å²) < 4.78 is 11.7. The van der Waals surface area contributed by atoms with Crippen molar-refractivity contribution >= 4 is 5.90 Å². The lowest BCUT2D eigenvalue weighted by molar-refractivity contribution is -0.268. The molecule has 1 aromatic carbocycles. The fourth-order valence-electron chi connectivity index (χ4n) is 4.07. The molecule has 132 valence electrons. The molecule has 2 heterocycles. The number of nitriles is 3. The van der Waals surface area contributed by atoms with Crippen molar-refractivity contribution in [3.63, 3.8) is 0 Å². The lowest BCUT2D eigenvalue weighted by atomic mass is 9.54. The highest BCUT2D eigenvalue weighted by molar-refractivity contribution is 5.89. The van der Waals surface area contributed by atoms with E-state index in [0.29, 0.717) is 11.5 Å². The summed E-state index contributed by atoms with van der Waals surface area (Å²) in [6.45, 7) is 7.49. The van der Waals surface area contributed by atoms with Crippen molar-refractivity contribution in [1.82, 2.24) is 0 Å². The van der Waals surface area contributed by atoms with Gasteiger partial charge in [-0.05, 0) is 17.0 Å². The van der Waals surface area contributed by atoms with Crippen LogP contribution < -0.4 is 0 Å². The number of hydrogen-bond donors (Lipinski definition) is 1. The van der Waals surface area contributed by atoms with Crippen molar-refractivity contribution < 1.29 is 9.47 Å². The fourth-order valence-corrected chi connectivity index (χ4v) is 4.07. The topological polar surface area (TPSA) is 114 Å². The number of fused-ring (bicyclic) bond motifs is 2. The molecule has 0 aliphatic carbocycles. The van der Waals surface area contributed by atoms with Gasteiger partial charge in [0.05, 0.1) is 24.1 Å². The first-order valence-corrected chi connectivity index (χ1v) is 8.52. The van der Waals surface area contributed by atoms with Crippen LogP contribution in [-0.2, 0) is 9.47 Å². The Kier molecular flexibility index (Phi) is 3.83. The van der Waals surface area contributed by atoms with Crippen LogP contribution in [-0.4, -0.2) is 11.7 Å². The smallest absolute Gasteiger partial charge is 0.214 e. The van der Waals surface area contributed by atoms with Gasteiger partial charge in [-0.1, -0.05) is 45.0 Å². The second-order valence-corrected chi connectivity index (χ2v) is 7.44. The molecule has 0 radical (unpaired) electrons. The van der Waals surface area contributed by atoms with Crippen LogP contribution in [0.4, 0.5) is 0 Å². The largest absolute Gasteiger partial charge is 0.448 e. The molecular formula is C20H20N4O2. The second-order valence-electron chi connectivity index (χ2n) is 7.44. The Balaban J connectivity index is 2.24. The van der Waals surface area contributed by atoms with Crippen molar-refractivity contribution in [1.29, 1.82) is 21.2 Å². The Morgan fingerprint density at radius 1 is 1.08 bits per heavy atom. The molecule has 4 unspecified atom stereocenters. The minimum absolute atomic E-state index is 0.337. The normalized spacial score (nSPS) is 34.5. The predicted molar refractivity (Wildman–Crippen MR) is 92.4 cm³/mol. The van der Waals surface area contributed by atoms with E-state index in [4.69, 9.17) is 14.9 Å². The maximum atomic E-state index is 10.00.